The van der Waals surface area contributed by atoms with Gasteiger partial charge in [0, 0.05) is 45.2 Å². The molecule has 140 valence electrons. The molecule has 1 aromatic rings. The Morgan fingerprint density at radius 3 is 2.65 bits per heavy atom. The normalized spacial score (nSPS) is 25.7. The van der Waals surface area contributed by atoms with E-state index in [9.17, 15) is 9.59 Å². The van der Waals surface area contributed by atoms with Crippen LogP contribution in [0.5, 0.6) is 0 Å². The second-order valence-corrected chi connectivity index (χ2v) is 8.32. The third-order valence-electron chi connectivity index (χ3n) is 6.67. The van der Waals surface area contributed by atoms with Gasteiger partial charge in [0.2, 0.25) is 5.91 Å². The lowest BCUT2D eigenvalue weighted by Gasteiger charge is -2.46. The van der Waals surface area contributed by atoms with Crippen LogP contribution in [-0.4, -0.2) is 61.4 Å². The number of hydrogen-bond acceptors (Lipinski definition) is 3. The molecule has 1 spiro atoms. The summed E-state index contributed by atoms with van der Waals surface area (Å²) in [6.07, 6.45) is 4.74. The fraction of sp³-hybridized carbons (Fsp3) is 0.619. The molecular weight excluding hydrogens is 326 g/mol. The van der Waals surface area contributed by atoms with Crippen molar-refractivity contribution in [3.8, 4) is 0 Å². The van der Waals surface area contributed by atoms with Gasteiger partial charge in [-0.25, -0.2) is 0 Å². The first-order chi connectivity index (χ1) is 12.6. The fourth-order valence-electron chi connectivity index (χ4n) is 4.96. The summed E-state index contributed by atoms with van der Waals surface area (Å²) in [6, 6.07) is 8.14. The lowest BCUT2D eigenvalue weighted by molar-refractivity contribution is -0.137. The van der Waals surface area contributed by atoms with Crippen molar-refractivity contribution in [2.45, 2.75) is 38.0 Å². The Hall–Kier alpha value is -1.88. The molecule has 3 heterocycles. The highest BCUT2D eigenvalue weighted by atomic mass is 16.2. The number of amides is 2. The number of nitrogens with zero attached hydrogens (tertiary/aromatic N) is 2. The van der Waals surface area contributed by atoms with Gasteiger partial charge < -0.3 is 15.1 Å². The molecule has 0 saturated carbocycles. The standard InChI is InChI=1S/C21H29N3O2/c1-23-15-21(8-6-19(23)25)9-12-24(13-10-21)20(26)18-5-3-2-4-17(18)16-7-11-22-14-16/h2-5,16,22H,6-15H2,1H3. The highest BCUT2D eigenvalue weighted by Crippen LogP contribution is 2.40. The van der Waals surface area contributed by atoms with Crippen LogP contribution in [0.1, 0.15) is 53.9 Å². The number of likely N-dealkylation sites (tertiary alicyclic amines) is 2. The van der Waals surface area contributed by atoms with Crippen LogP contribution in [0, 0.1) is 5.41 Å². The highest BCUT2D eigenvalue weighted by molar-refractivity contribution is 5.96. The monoisotopic (exact) mass is 355 g/mol. The van der Waals surface area contributed by atoms with Crippen LogP contribution in [0.2, 0.25) is 0 Å². The minimum absolute atomic E-state index is 0.183. The van der Waals surface area contributed by atoms with Crippen LogP contribution in [-0.2, 0) is 4.79 Å². The largest absolute Gasteiger partial charge is 0.345 e. The molecule has 3 saturated heterocycles. The molecule has 0 bridgehead atoms. The smallest absolute Gasteiger partial charge is 0.254 e. The second kappa shape index (κ2) is 7.03. The zero-order valence-corrected chi connectivity index (χ0v) is 15.7. The topological polar surface area (TPSA) is 52.7 Å². The van der Waals surface area contributed by atoms with Gasteiger partial charge >= 0.3 is 0 Å². The van der Waals surface area contributed by atoms with Crippen LogP contribution >= 0.6 is 0 Å². The molecule has 0 aromatic heterocycles. The third-order valence-corrected chi connectivity index (χ3v) is 6.67. The Bertz CT molecular complexity index is 688. The zero-order valence-electron chi connectivity index (χ0n) is 15.7. The number of benzene rings is 1. The Kier molecular flexibility index (Phi) is 4.74. The van der Waals surface area contributed by atoms with Crippen molar-refractivity contribution in [2.24, 2.45) is 5.41 Å². The van der Waals surface area contributed by atoms with E-state index in [1.807, 2.05) is 35.0 Å². The summed E-state index contributed by atoms with van der Waals surface area (Å²) in [5.41, 5.74) is 2.30. The summed E-state index contributed by atoms with van der Waals surface area (Å²) in [7, 11) is 1.91. The maximum atomic E-state index is 13.2. The minimum atomic E-state index is 0.183. The van der Waals surface area contributed by atoms with E-state index in [2.05, 4.69) is 11.4 Å². The molecule has 3 aliphatic rings. The SMILES string of the molecule is CN1CC2(CCC1=O)CCN(C(=O)c1ccccc1C1CCNC1)CC2. The number of carbonyl (C=O) groups is 2. The van der Waals surface area contributed by atoms with E-state index in [4.69, 9.17) is 0 Å². The molecule has 3 aliphatic heterocycles. The molecule has 1 N–H and O–H groups in total. The number of nitrogens with one attached hydrogen (secondary N) is 1. The molecule has 1 unspecified atom stereocenters. The lowest BCUT2D eigenvalue weighted by Crippen LogP contribution is -2.51. The van der Waals surface area contributed by atoms with Gasteiger partial charge in [-0.05, 0) is 55.2 Å². The minimum Gasteiger partial charge on any atom is -0.345 e. The summed E-state index contributed by atoms with van der Waals surface area (Å²) >= 11 is 0. The van der Waals surface area contributed by atoms with Crippen LogP contribution in [0.3, 0.4) is 0 Å². The summed E-state index contributed by atoms with van der Waals surface area (Å²) in [6.45, 7) is 4.45. The zero-order chi connectivity index (χ0) is 18.1. The van der Waals surface area contributed by atoms with Crippen molar-refractivity contribution in [1.82, 2.24) is 15.1 Å². The summed E-state index contributed by atoms with van der Waals surface area (Å²) in [4.78, 5) is 28.9. The number of hydrogen-bond donors (Lipinski definition) is 1. The van der Waals surface area contributed by atoms with Crippen LogP contribution in [0.25, 0.3) is 0 Å². The highest BCUT2D eigenvalue weighted by Gasteiger charge is 2.41. The molecule has 2 amide bonds. The van der Waals surface area contributed by atoms with Gasteiger partial charge in [-0.1, -0.05) is 18.2 Å². The van der Waals surface area contributed by atoms with E-state index >= 15 is 0 Å². The van der Waals surface area contributed by atoms with Crippen LogP contribution in [0.15, 0.2) is 24.3 Å². The van der Waals surface area contributed by atoms with Gasteiger partial charge in [-0.15, -0.1) is 0 Å². The molecule has 5 nitrogen and oxygen atoms in total. The predicted octanol–water partition coefficient (Wildman–Crippen LogP) is 2.24. The van der Waals surface area contributed by atoms with Gasteiger partial charge in [0.15, 0.2) is 0 Å². The summed E-state index contributed by atoms with van der Waals surface area (Å²) in [5, 5.41) is 3.41. The number of rotatable bonds is 2. The van der Waals surface area contributed by atoms with Crippen molar-refractivity contribution in [3.05, 3.63) is 35.4 Å². The lowest BCUT2D eigenvalue weighted by atomic mass is 9.72. The van der Waals surface area contributed by atoms with Gasteiger partial charge in [0.1, 0.15) is 0 Å². The average Bonchev–Trinajstić information content (AvgIpc) is 3.20. The Morgan fingerprint density at radius 1 is 1.19 bits per heavy atom. The molecule has 3 fully saturated rings. The van der Waals surface area contributed by atoms with Crippen molar-refractivity contribution in [1.29, 1.82) is 0 Å². The van der Waals surface area contributed by atoms with E-state index in [0.717, 1.165) is 64.0 Å². The third kappa shape index (κ3) is 3.25. The van der Waals surface area contributed by atoms with Crippen LogP contribution < -0.4 is 5.32 Å². The number of carbonyl (C=O) groups excluding carboxylic acids is 2. The summed E-state index contributed by atoms with van der Waals surface area (Å²) < 4.78 is 0. The molecule has 4 rings (SSSR count). The van der Waals surface area contributed by atoms with Gasteiger partial charge in [-0.2, -0.15) is 0 Å². The Morgan fingerprint density at radius 2 is 1.96 bits per heavy atom. The fourth-order valence-corrected chi connectivity index (χ4v) is 4.96. The average molecular weight is 355 g/mol. The van der Waals surface area contributed by atoms with E-state index < -0.39 is 0 Å². The van der Waals surface area contributed by atoms with Crippen molar-refractivity contribution < 1.29 is 9.59 Å². The predicted molar refractivity (Wildman–Crippen MR) is 101 cm³/mol. The molecule has 26 heavy (non-hydrogen) atoms. The molecule has 0 aliphatic carbocycles. The molecular formula is C21H29N3O2. The molecule has 0 radical (unpaired) electrons. The first-order valence-corrected chi connectivity index (χ1v) is 9.91. The number of piperidine rings is 2. The quantitative estimate of drug-likeness (QED) is 0.885. The van der Waals surface area contributed by atoms with Gasteiger partial charge in [-0.3, -0.25) is 9.59 Å². The van der Waals surface area contributed by atoms with Gasteiger partial charge in [0.05, 0.1) is 0 Å². The summed E-state index contributed by atoms with van der Waals surface area (Å²) in [5.74, 6) is 0.889. The maximum absolute atomic E-state index is 13.2. The van der Waals surface area contributed by atoms with E-state index in [-0.39, 0.29) is 17.2 Å². The van der Waals surface area contributed by atoms with Gasteiger partial charge in [0.25, 0.3) is 5.91 Å². The molecule has 1 aromatic carbocycles. The second-order valence-electron chi connectivity index (χ2n) is 8.32. The van der Waals surface area contributed by atoms with Crippen molar-refractivity contribution in [2.75, 3.05) is 39.8 Å². The van der Waals surface area contributed by atoms with E-state index in [0.29, 0.717) is 12.3 Å². The molecule has 1 atom stereocenters. The maximum Gasteiger partial charge on any atom is 0.254 e. The Labute approximate surface area is 155 Å². The van der Waals surface area contributed by atoms with E-state index in [1.54, 1.807) is 0 Å². The molecule has 5 heteroatoms. The van der Waals surface area contributed by atoms with Crippen molar-refractivity contribution >= 4 is 11.8 Å². The van der Waals surface area contributed by atoms with Crippen LogP contribution in [0.4, 0.5) is 0 Å². The first kappa shape index (κ1) is 17.5. The van der Waals surface area contributed by atoms with E-state index in [1.165, 1.54) is 5.56 Å². The Balaban J connectivity index is 1.45. The van der Waals surface area contributed by atoms with Crippen molar-refractivity contribution in [3.63, 3.8) is 0 Å². The first-order valence-electron chi connectivity index (χ1n) is 9.91.